The SMILES string of the molecule is Cc1nc(C2CCC2)sc1C(C)(C)CCN. The van der Waals surface area contributed by atoms with Crippen molar-refractivity contribution in [3.8, 4) is 0 Å². The van der Waals surface area contributed by atoms with Gasteiger partial charge in [-0.25, -0.2) is 4.98 Å². The Kier molecular flexibility index (Phi) is 3.36. The Balaban J connectivity index is 2.23. The van der Waals surface area contributed by atoms with E-state index in [9.17, 15) is 0 Å². The van der Waals surface area contributed by atoms with E-state index in [1.54, 1.807) is 0 Å². The van der Waals surface area contributed by atoms with Crippen LogP contribution in [0.2, 0.25) is 0 Å². The highest BCUT2D eigenvalue weighted by molar-refractivity contribution is 7.12. The first-order chi connectivity index (χ1) is 7.54. The summed E-state index contributed by atoms with van der Waals surface area (Å²) in [6.45, 7) is 7.46. The molecular formula is C13H22N2S. The predicted molar refractivity (Wildman–Crippen MR) is 70.1 cm³/mol. The number of hydrogen-bond donors (Lipinski definition) is 1. The molecule has 1 heterocycles. The zero-order chi connectivity index (χ0) is 11.8. The molecule has 0 aromatic carbocycles. The van der Waals surface area contributed by atoms with Crippen LogP contribution < -0.4 is 5.73 Å². The van der Waals surface area contributed by atoms with Crippen molar-refractivity contribution >= 4 is 11.3 Å². The molecule has 2 N–H and O–H groups in total. The minimum absolute atomic E-state index is 0.193. The standard InChI is InChI=1S/C13H22N2S/c1-9-11(13(2,3)7-8-14)16-12(15-9)10-5-4-6-10/h10H,4-8,14H2,1-3H3. The first-order valence-corrected chi connectivity index (χ1v) is 7.04. The first-order valence-electron chi connectivity index (χ1n) is 6.22. The number of thiazole rings is 1. The van der Waals surface area contributed by atoms with E-state index in [-0.39, 0.29) is 5.41 Å². The molecule has 0 bridgehead atoms. The van der Waals surface area contributed by atoms with E-state index in [1.165, 1.54) is 34.8 Å². The third-order valence-electron chi connectivity index (χ3n) is 3.65. The van der Waals surface area contributed by atoms with Gasteiger partial charge in [0.05, 0.1) is 10.7 Å². The zero-order valence-corrected chi connectivity index (χ0v) is 11.4. The normalized spacial score (nSPS) is 17.5. The summed E-state index contributed by atoms with van der Waals surface area (Å²) in [5, 5.41) is 1.36. The Morgan fingerprint density at radius 2 is 2.12 bits per heavy atom. The minimum Gasteiger partial charge on any atom is -0.330 e. The lowest BCUT2D eigenvalue weighted by Gasteiger charge is -2.24. The maximum Gasteiger partial charge on any atom is 0.0962 e. The molecule has 1 aliphatic carbocycles. The van der Waals surface area contributed by atoms with Crippen LogP contribution in [-0.4, -0.2) is 11.5 Å². The van der Waals surface area contributed by atoms with Crippen molar-refractivity contribution in [1.82, 2.24) is 4.98 Å². The van der Waals surface area contributed by atoms with Gasteiger partial charge >= 0.3 is 0 Å². The molecular weight excluding hydrogens is 216 g/mol. The molecule has 0 aliphatic heterocycles. The number of rotatable bonds is 4. The fraction of sp³-hybridized carbons (Fsp3) is 0.769. The van der Waals surface area contributed by atoms with Crippen LogP contribution in [-0.2, 0) is 5.41 Å². The van der Waals surface area contributed by atoms with Crippen molar-refractivity contribution in [3.63, 3.8) is 0 Å². The topological polar surface area (TPSA) is 38.9 Å². The number of nitrogens with two attached hydrogens (primary N) is 1. The molecule has 0 spiro atoms. The third kappa shape index (κ3) is 2.16. The smallest absolute Gasteiger partial charge is 0.0962 e. The molecule has 0 radical (unpaired) electrons. The van der Waals surface area contributed by atoms with Crippen LogP contribution in [0.15, 0.2) is 0 Å². The largest absolute Gasteiger partial charge is 0.330 e. The minimum atomic E-state index is 0.193. The van der Waals surface area contributed by atoms with E-state index in [4.69, 9.17) is 10.7 Å². The van der Waals surface area contributed by atoms with Crippen LogP contribution in [0.1, 0.15) is 61.0 Å². The van der Waals surface area contributed by atoms with Gasteiger partial charge in [-0.05, 0) is 32.7 Å². The van der Waals surface area contributed by atoms with Gasteiger partial charge in [0.2, 0.25) is 0 Å². The van der Waals surface area contributed by atoms with Crippen molar-refractivity contribution in [2.75, 3.05) is 6.54 Å². The summed E-state index contributed by atoms with van der Waals surface area (Å²) >= 11 is 1.92. The van der Waals surface area contributed by atoms with Crippen molar-refractivity contribution in [3.05, 3.63) is 15.6 Å². The fourth-order valence-electron chi connectivity index (χ4n) is 2.35. The van der Waals surface area contributed by atoms with E-state index in [2.05, 4.69) is 20.8 Å². The molecule has 1 saturated carbocycles. The summed E-state index contributed by atoms with van der Waals surface area (Å²) in [5.74, 6) is 0.756. The second-order valence-corrected chi connectivity index (χ2v) is 6.55. The molecule has 3 heteroatoms. The van der Waals surface area contributed by atoms with Crippen LogP contribution in [0.3, 0.4) is 0 Å². The van der Waals surface area contributed by atoms with Gasteiger partial charge in [-0.2, -0.15) is 0 Å². The summed E-state index contributed by atoms with van der Waals surface area (Å²) in [5.41, 5.74) is 7.11. The van der Waals surface area contributed by atoms with Crippen LogP contribution in [0.25, 0.3) is 0 Å². The lowest BCUT2D eigenvalue weighted by atomic mass is 9.86. The van der Waals surface area contributed by atoms with Crippen LogP contribution in [0.4, 0.5) is 0 Å². The second kappa shape index (κ2) is 4.46. The van der Waals surface area contributed by atoms with Gasteiger partial charge < -0.3 is 5.73 Å². The fourth-order valence-corrected chi connectivity index (χ4v) is 3.72. The Bertz CT molecular complexity index is 364. The molecule has 2 nitrogen and oxygen atoms in total. The Labute approximate surface area is 102 Å². The summed E-state index contributed by atoms with van der Waals surface area (Å²) in [7, 11) is 0. The molecule has 0 atom stereocenters. The Morgan fingerprint density at radius 3 is 2.62 bits per heavy atom. The monoisotopic (exact) mass is 238 g/mol. The van der Waals surface area contributed by atoms with Crippen LogP contribution in [0, 0.1) is 6.92 Å². The molecule has 0 amide bonds. The van der Waals surface area contributed by atoms with Crippen molar-refractivity contribution in [1.29, 1.82) is 0 Å². The second-order valence-electron chi connectivity index (χ2n) is 5.52. The summed E-state index contributed by atoms with van der Waals surface area (Å²) < 4.78 is 0. The van der Waals surface area contributed by atoms with Crippen molar-refractivity contribution in [2.24, 2.45) is 5.73 Å². The maximum absolute atomic E-state index is 5.69. The molecule has 1 aromatic heterocycles. The van der Waals surface area contributed by atoms with Crippen molar-refractivity contribution < 1.29 is 0 Å². The van der Waals surface area contributed by atoms with Crippen molar-refractivity contribution in [2.45, 2.75) is 57.8 Å². The van der Waals surface area contributed by atoms with E-state index in [1.807, 2.05) is 11.3 Å². The summed E-state index contributed by atoms with van der Waals surface area (Å²) in [6, 6.07) is 0. The van der Waals surface area contributed by atoms with E-state index in [0.717, 1.165) is 18.9 Å². The lowest BCUT2D eigenvalue weighted by molar-refractivity contribution is 0.418. The molecule has 0 unspecified atom stereocenters. The molecule has 16 heavy (non-hydrogen) atoms. The molecule has 2 rings (SSSR count). The first kappa shape index (κ1) is 12.1. The van der Waals surface area contributed by atoms with Crippen LogP contribution >= 0.6 is 11.3 Å². The molecule has 1 aromatic rings. The van der Waals surface area contributed by atoms with Gasteiger partial charge in [0, 0.05) is 16.2 Å². The van der Waals surface area contributed by atoms with Gasteiger partial charge in [-0.15, -0.1) is 11.3 Å². The van der Waals surface area contributed by atoms with E-state index < -0.39 is 0 Å². The highest BCUT2D eigenvalue weighted by Gasteiger charge is 2.29. The average Bonchev–Trinajstić information content (AvgIpc) is 2.44. The summed E-state index contributed by atoms with van der Waals surface area (Å²) in [4.78, 5) is 6.20. The number of aryl methyl sites for hydroxylation is 1. The molecule has 90 valence electrons. The van der Waals surface area contributed by atoms with Gasteiger partial charge in [0.1, 0.15) is 0 Å². The van der Waals surface area contributed by atoms with E-state index >= 15 is 0 Å². The maximum atomic E-state index is 5.69. The molecule has 1 aliphatic rings. The Hall–Kier alpha value is -0.410. The van der Waals surface area contributed by atoms with Gasteiger partial charge in [-0.1, -0.05) is 20.3 Å². The number of hydrogen-bond acceptors (Lipinski definition) is 3. The molecule has 1 fully saturated rings. The number of aromatic nitrogens is 1. The highest BCUT2D eigenvalue weighted by Crippen LogP contribution is 2.42. The predicted octanol–water partition coefficient (Wildman–Crippen LogP) is 3.35. The van der Waals surface area contributed by atoms with Gasteiger partial charge in [-0.3, -0.25) is 0 Å². The highest BCUT2D eigenvalue weighted by atomic mass is 32.1. The van der Waals surface area contributed by atoms with Crippen LogP contribution in [0.5, 0.6) is 0 Å². The summed E-state index contributed by atoms with van der Waals surface area (Å²) in [6.07, 6.45) is 5.10. The molecule has 0 saturated heterocycles. The van der Waals surface area contributed by atoms with Gasteiger partial charge in [0.25, 0.3) is 0 Å². The van der Waals surface area contributed by atoms with E-state index in [0.29, 0.717) is 0 Å². The zero-order valence-electron chi connectivity index (χ0n) is 10.5. The lowest BCUT2D eigenvalue weighted by Crippen LogP contribution is -2.21. The average molecular weight is 238 g/mol. The van der Waals surface area contributed by atoms with Gasteiger partial charge in [0.15, 0.2) is 0 Å². The third-order valence-corrected chi connectivity index (χ3v) is 5.34. The Morgan fingerprint density at radius 1 is 1.44 bits per heavy atom. The quantitative estimate of drug-likeness (QED) is 0.873. The number of nitrogens with zero attached hydrogens (tertiary/aromatic N) is 1.